The van der Waals surface area contributed by atoms with Gasteiger partial charge in [-0.05, 0) is 145 Å². The number of alkyl carbamates (subject to hydrolysis) is 1. The average Bonchev–Trinajstić information content (AvgIpc) is 3.70. The van der Waals surface area contributed by atoms with Crippen molar-refractivity contribution >= 4 is 35.1 Å². The third kappa shape index (κ3) is 13.6. The largest absolute Gasteiger partial charge is 0.444 e. The molecule has 1 aliphatic carbocycles. The highest BCUT2D eigenvalue weighted by atomic mass is 16.6. The number of aliphatic imine (C=N–C) groups is 1. The first-order valence-corrected chi connectivity index (χ1v) is 20.2. The van der Waals surface area contributed by atoms with Gasteiger partial charge in [0.1, 0.15) is 11.4 Å². The van der Waals surface area contributed by atoms with E-state index in [4.69, 9.17) is 9.47 Å². The van der Waals surface area contributed by atoms with Crippen LogP contribution in [-0.2, 0) is 25.5 Å². The number of hydrogen-bond donors (Lipinski definition) is 2. The number of aryl methyl sites for hydroxylation is 1. The van der Waals surface area contributed by atoms with Crippen molar-refractivity contribution in [2.24, 2.45) is 33.0 Å². The van der Waals surface area contributed by atoms with Gasteiger partial charge in [0, 0.05) is 54.6 Å². The van der Waals surface area contributed by atoms with Gasteiger partial charge in [0.05, 0.1) is 5.60 Å². The number of nitrogens with one attached hydrogen (secondary N) is 2. The Balaban J connectivity index is 1.23. The molecule has 1 heterocycles. The van der Waals surface area contributed by atoms with Crippen LogP contribution in [0, 0.1) is 24.7 Å². The first-order chi connectivity index (χ1) is 27.0. The third-order valence-corrected chi connectivity index (χ3v) is 10.3. The van der Waals surface area contributed by atoms with Gasteiger partial charge in [0.25, 0.3) is 0 Å². The number of anilines is 1. The molecule has 0 aromatic heterocycles. The minimum Gasteiger partial charge on any atom is -0.444 e. The van der Waals surface area contributed by atoms with Gasteiger partial charge < -0.3 is 20.1 Å². The minimum atomic E-state index is -0.580. The lowest BCUT2D eigenvalue weighted by Gasteiger charge is -2.29. The van der Waals surface area contributed by atoms with Gasteiger partial charge in [-0.1, -0.05) is 36.4 Å². The van der Waals surface area contributed by atoms with Crippen molar-refractivity contribution in [3.63, 3.8) is 0 Å². The van der Waals surface area contributed by atoms with Crippen molar-refractivity contribution in [2.75, 3.05) is 25.1 Å². The zero-order chi connectivity index (χ0) is 41.2. The lowest BCUT2D eigenvalue weighted by Crippen LogP contribution is -2.37. The first-order valence-electron chi connectivity index (χ1n) is 20.2. The summed E-state index contributed by atoms with van der Waals surface area (Å²) in [6.45, 7) is 14.9. The summed E-state index contributed by atoms with van der Waals surface area (Å²) in [7, 11) is 0. The SMILES string of the molecule is Cc1cc(C(=O)CCCOC(C)(C)C)ccc1-c1ccc(C[C@H](CC(=O)C2CCC(CNC(=O)OC(C)(C)C)CC2)C(=O)Nc2ccc(C3=NCN=N3)cc2)cc1. The fourth-order valence-electron chi connectivity index (χ4n) is 7.24. The number of amides is 2. The number of Topliss-reactive ketones (excluding diaryl/α,β-unsaturated/α-hetero) is 2. The fourth-order valence-corrected chi connectivity index (χ4v) is 7.24. The summed E-state index contributed by atoms with van der Waals surface area (Å²) in [6.07, 6.45) is 4.30. The molecule has 3 aromatic carbocycles. The normalized spacial score (nSPS) is 17.4. The predicted octanol–water partition coefficient (Wildman–Crippen LogP) is 9.70. The van der Waals surface area contributed by atoms with Gasteiger partial charge in [0.2, 0.25) is 5.91 Å². The summed E-state index contributed by atoms with van der Waals surface area (Å²) in [5, 5.41) is 13.9. The molecule has 0 unspecified atom stereocenters. The van der Waals surface area contributed by atoms with E-state index >= 15 is 0 Å². The molecule has 11 nitrogen and oxygen atoms in total. The molecule has 2 amide bonds. The van der Waals surface area contributed by atoms with Crippen molar-refractivity contribution in [1.29, 1.82) is 0 Å². The van der Waals surface area contributed by atoms with Gasteiger partial charge in [0.15, 0.2) is 18.3 Å². The maximum atomic E-state index is 13.9. The van der Waals surface area contributed by atoms with Gasteiger partial charge in [-0.3, -0.25) is 14.4 Å². The molecular formula is C46H59N5O6. The van der Waals surface area contributed by atoms with Crippen LogP contribution in [0.25, 0.3) is 11.1 Å². The molecular weight excluding hydrogens is 719 g/mol. The molecule has 0 radical (unpaired) electrons. The van der Waals surface area contributed by atoms with Crippen LogP contribution in [-0.4, -0.2) is 60.4 Å². The van der Waals surface area contributed by atoms with Crippen molar-refractivity contribution in [3.8, 4) is 11.1 Å². The number of benzene rings is 3. The van der Waals surface area contributed by atoms with E-state index in [2.05, 4.69) is 25.9 Å². The molecule has 0 saturated heterocycles. The highest BCUT2D eigenvalue weighted by molar-refractivity contribution is 6.01. The van der Waals surface area contributed by atoms with Gasteiger partial charge in [-0.15, -0.1) is 5.11 Å². The lowest BCUT2D eigenvalue weighted by atomic mass is 9.77. The topological polar surface area (TPSA) is 148 Å². The van der Waals surface area contributed by atoms with Crippen LogP contribution in [0.1, 0.15) is 114 Å². The predicted molar refractivity (Wildman–Crippen MR) is 224 cm³/mol. The summed E-state index contributed by atoms with van der Waals surface area (Å²) >= 11 is 0. The van der Waals surface area contributed by atoms with Crippen molar-refractivity contribution in [2.45, 2.75) is 111 Å². The Morgan fingerprint density at radius 1 is 0.842 bits per heavy atom. The van der Waals surface area contributed by atoms with Gasteiger partial charge >= 0.3 is 6.09 Å². The number of azo groups is 1. The van der Waals surface area contributed by atoms with E-state index in [1.54, 1.807) is 0 Å². The Hall–Kier alpha value is -5.03. The molecule has 2 N–H and O–H groups in total. The molecule has 0 spiro atoms. The molecule has 5 rings (SSSR count). The number of nitrogens with zero attached hydrogens (tertiary/aromatic N) is 3. The molecule has 304 valence electrons. The van der Waals surface area contributed by atoms with Crippen LogP contribution in [0.15, 0.2) is 82.0 Å². The Bertz CT molecular complexity index is 1930. The third-order valence-electron chi connectivity index (χ3n) is 10.3. The van der Waals surface area contributed by atoms with Crippen LogP contribution in [0.5, 0.6) is 0 Å². The Morgan fingerprint density at radius 2 is 1.53 bits per heavy atom. The number of ether oxygens (including phenoxy) is 2. The van der Waals surface area contributed by atoms with E-state index in [0.717, 1.165) is 53.5 Å². The second kappa shape index (κ2) is 19.4. The van der Waals surface area contributed by atoms with E-state index < -0.39 is 17.6 Å². The number of ketones is 2. The maximum absolute atomic E-state index is 13.9. The number of amidine groups is 1. The van der Waals surface area contributed by atoms with Crippen molar-refractivity contribution < 1.29 is 28.7 Å². The molecule has 1 fully saturated rings. The molecule has 1 saturated carbocycles. The van der Waals surface area contributed by atoms with E-state index in [9.17, 15) is 19.2 Å². The van der Waals surface area contributed by atoms with Gasteiger partial charge in [-0.2, -0.15) is 5.11 Å². The summed E-state index contributed by atoms with van der Waals surface area (Å²) < 4.78 is 11.1. The van der Waals surface area contributed by atoms with Crippen LogP contribution < -0.4 is 10.6 Å². The fraction of sp³-hybridized carbons (Fsp3) is 0.500. The zero-order valence-electron chi connectivity index (χ0n) is 34.7. The molecule has 1 aliphatic heterocycles. The number of hydrogen-bond acceptors (Lipinski definition) is 9. The second-order valence-electron chi connectivity index (χ2n) is 17.3. The van der Waals surface area contributed by atoms with E-state index in [1.807, 2.05) is 115 Å². The Kier molecular flexibility index (Phi) is 14.7. The maximum Gasteiger partial charge on any atom is 0.407 e. The van der Waals surface area contributed by atoms with Crippen LogP contribution in [0.3, 0.4) is 0 Å². The quantitative estimate of drug-likeness (QED) is 0.109. The van der Waals surface area contributed by atoms with E-state index in [0.29, 0.717) is 56.2 Å². The standard InChI is InChI=1S/C46H59N5O6/c1-30-25-36(40(52)9-8-24-56-45(2,3)4)20-23-39(30)33-14-10-31(11-15-33)26-37(43(54)50-38-21-18-35(19-22-38)42-48-29-49-51-42)27-41(53)34-16-12-32(13-17-34)28-47-44(55)57-46(5,6)7/h10-11,14-15,18-23,25,32,34,37H,8-9,12-13,16-17,24,26-29H2,1-7H3,(H,47,55)(H,50,54)/t32?,34?,37-/m1/s1. The summed E-state index contributed by atoms with van der Waals surface area (Å²) in [5.41, 5.74) is 5.35. The lowest BCUT2D eigenvalue weighted by molar-refractivity contribution is -0.129. The smallest absolute Gasteiger partial charge is 0.407 e. The summed E-state index contributed by atoms with van der Waals surface area (Å²) in [6, 6.07) is 21.3. The number of carbonyl (C=O) groups excluding carboxylic acids is 4. The van der Waals surface area contributed by atoms with E-state index in [-0.39, 0.29) is 41.3 Å². The highest BCUT2D eigenvalue weighted by Gasteiger charge is 2.31. The molecule has 0 bridgehead atoms. The van der Waals surface area contributed by atoms with E-state index in [1.165, 1.54) is 0 Å². The van der Waals surface area contributed by atoms with Crippen LogP contribution in [0.4, 0.5) is 10.5 Å². The first kappa shape index (κ1) is 43.1. The minimum absolute atomic E-state index is 0.0947. The zero-order valence-corrected chi connectivity index (χ0v) is 34.7. The van der Waals surface area contributed by atoms with Crippen LogP contribution in [0.2, 0.25) is 0 Å². The highest BCUT2D eigenvalue weighted by Crippen LogP contribution is 2.32. The molecule has 1 atom stereocenters. The molecule has 57 heavy (non-hydrogen) atoms. The number of carbonyl (C=O) groups is 4. The summed E-state index contributed by atoms with van der Waals surface area (Å²) in [4.78, 5) is 57.0. The Labute approximate surface area is 337 Å². The average molecular weight is 778 g/mol. The Morgan fingerprint density at radius 3 is 2.14 bits per heavy atom. The molecule has 3 aromatic rings. The molecule has 2 aliphatic rings. The molecule has 11 heteroatoms. The second-order valence-corrected chi connectivity index (χ2v) is 17.3. The van der Waals surface area contributed by atoms with Gasteiger partial charge in [-0.25, -0.2) is 9.79 Å². The van der Waals surface area contributed by atoms with Crippen LogP contribution >= 0.6 is 0 Å². The number of rotatable bonds is 16. The van der Waals surface area contributed by atoms with Crippen molar-refractivity contribution in [3.05, 3.63) is 89.0 Å². The van der Waals surface area contributed by atoms with Crippen molar-refractivity contribution in [1.82, 2.24) is 5.32 Å². The summed E-state index contributed by atoms with van der Waals surface area (Å²) in [5.74, 6) is 0.112. The monoisotopic (exact) mass is 777 g/mol.